The third kappa shape index (κ3) is 2.00. The van der Waals surface area contributed by atoms with Gasteiger partial charge in [0.05, 0.1) is 5.02 Å². The topological polar surface area (TPSA) is 31.9 Å². The molecule has 22 heavy (non-hydrogen) atoms. The Morgan fingerprint density at radius 1 is 1.27 bits per heavy atom. The van der Waals surface area contributed by atoms with Crippen molar-refractivity contribution in [3.63, 3.8) is 0 Å². The molecule has 0 amide bonds. The fourth-order valence-corrected chi connectivity index (χ4v) is 3.71. The lowest BCUT2D eigenvalue weighted by molar-refractivity contribution is 0.745. The molecule has 0 atom stereocenters. The lowest BCUT2D eigenvalue weighted by Crippen LogP contribution is -2.24. The Bertz CT molecular complexity index is 866. The van der Waals surface area contributed by atoms with Gasteiger partial charge in [0, 0.05) is 42.1 Å². The fraction of sp³-hybridized carbons (Fsp3) is 0.278. The summed E-state index contributed by atoms with van der Waals surface area (Å²) < 4.78 is 0. The van der Waals surface area contributed by atoms with Crippen LogP contribution < -0.4 is 4.90 Å². The van der Waals surface area contributed by atoms with Crippen LogP contribution in [0, 0.1) is 6.92 Å². The van der Waals surface area contributed by atoms with E-state index >= 15 is 0 Å². The molecule has 1 aliphatic heterocycles. The third-order valence-corrected chi connectivity index (χ3v) is 4.87. The molecule has 2 aromatic heterocycles. The maximum Gasteiger partial charge on any atom is 0.139 e. The fourth-order valence-electron chi connectivity index (χ4n) is 3.47. The average Bonchev–Trinajstić information content (AvgIpc) is 2.85. The number of aryl methyl sites for hydroxylation is 2. The first-order chi connectivity index (χ1) is 10.6. The highest BCUT2D eigenvalue weighted by Gasteiger charge is 2.18. The molecule has 0 saturated carbocycles. The molecule has 0 radical (unpaired) electrons. The number of halogens is 1. The van der Waals surface area contributed by atoms with E-state index in [1.54, 1.807) is 6.20 Å². The zero-order chi connectivity index (χ0) is 15.3. The Balaban J connectivity index is 1.96. The molecule has 0 unspecified atom stereocenters. The molecule has 4 heteroatoms. The molecule has 1 N–H and O–H groups in total. The number of aromatic nitrogens is 2. The van der Waals surface area contributed by atoms with Crippen LogP contribution in [0.25, 0.3) is 22.2 Å². The number of nitrogens with zero attached hydrogens (tertiary/aromatic N) is 2. The zero-order valence-corrected chi connectivity index (χ0v) is 13.5. The summed E-state index contributed by atoms with van der Waals surface area (Å²) in [4.78, 5) is 10.1. The highest BCUT2D eigenvalue weighted by Crippen LogP contribution is 2.38. The summed E-state index contributed by atoms with van der Waals surface area (Å²) in [6, 6.07) is 8.60. The zero-order valence-electron chi connectivity index (χ0n) is 12.8. The smallest absolute Gasteiger partial charge is 0.139 e. The number of benzene rings is 1. The first-order valence-electron chi connectivity index (χ1n) is 7.62. The summed E-state index contributed by atoms with van der Waals surface area (Å²) in [6.45, 7) is 3.20. The molecule has 1 aromatic carbocycles. The van der Waals surface area contributed by atoms with Crippen LogP contribution in [0.1, 0.15) is 17.7 Å². The van der Waals surface area contributed by atoms with E-state index in [4.69, 9.17) is 11.6 Å². The van der Waals surface area contributed by atoms with Gasteiger partial charge in [0.1, 0.15) is 5.65 Å². The minimum absolute atomic E-state index is 0.746. The van der Waals surface area contributed by atoms with Crippen LogP contribution in [0.5, 0.6) is 0 Å². The van der Waals surface area contributed by atoms with E-state index in [0.29, 0.717) is 0 Å². The minimum atomic E-state index is 0.746. The number of fused-ring (bicyclic) bond motifs is 2. The largest absolute Gasteiger partial charge is 0.374 e. The Morgan fingerprint density at radius 2 is 2.14 bits per heavy atom. The van der Waals surface area contributed by atoms with Gasteiger partial charge < -0.3 is 9.88 Å². The standard InChI is InChI=1S/C18H18ClN3/c1-11-16(17-14(19)7-8-20-18(17)21-11)13-6-5-12-4-3-9-22(2)15(12)10-13/h5-8,10H,3-4,9H2,1-2H3,(H,20,21). The molecule has 0 aliphatic carbocycles. The van der Waals surface area contributed by atoms with Crippen LogP contribution in [-0.4, -0.2) is 23.6 Å². The number of pyridine rings is 1. The van der Waals surface area contributed by atoms with Gasteiger partial charge in [-0.2, -0.15) is 0 Å². The highest BCUT2D eigenvalue weighted by atomic mass is 35.5. The Labute approximate surface area is 134 Å². The van der Waals surface area contributed by atoms with Crippen molar-refractivity contribution in [2.24, 2.45) is 0 Å². The summed E-state index contributed by atoms with van der Waals surface area (Å²) in [6.07, 6.45) is 4.13. The van der Waals surface area contributed by atoms with Gasteiger partial charge in [-0.25, -0.2) is 4.98 Å². The molecule has 3 nitrogen and oxygen atoms in total. The maximum absolute atomic E-state index is 6.43. The highest BCUT2D eigenvalue weighted by molar-refractivity contribution is 6.36. The van der Waals surface area contributed by atoms with Gasteiger partial charge in [-0.3, -0.25) is 0 Å². The van der Waals surface area contributed by atoms with Crippen molar-refractivity contribution < 1.29 is 0 Å². The maximum atomic E-state index is 6.43. The van der Waals surface area contributed by atoms with Crippen LogP contribution in [0.15, 0.2) is 30.5 Å². The normalized spacial score (nSPS) is 14.4. The number of hydrogen-bond donors (Lipinski definition) is 1. The number of rotatable bonds is 1. The van der Waals surface area contributed by atoms with Crippen molar-refractivity contribution >= 4 is 28.3 Å². The molecular formula is C18H18ClN3. The quantitative estimate of drug-likeness (QED) is 0.713. The van der Waals surface area contributed by atoms with Crippen molar-refractivity contribution in [1.82, 2.24) is 9.97 Å². The third-order valence-electron chi connectivity index (χ3n) is 4.56. The van der Waals surface area contributed by atoms with Gasteiger partial charge in [-0.1, -0.05) is 23.7 Å². The van der Waals surface area contributed by atoms with Gasteiger partial charge in [0.15, 0.2) is 0 Å². The van der Waals surface area contributed by atoms with Crippen LogP contribution in [0.2, 0.25) is 5.02 Å². The van der Waals surface area contributed by atoms with Crippen molar-refractivity contribution in [3.05, 3.63) is 46.7 Å². The monoisotopic (exact) mass is 311 g/mol. The summed E-state index contributed by atoms with van der Waals surface area (Å²) in [5, 5.41) is 1.76. The van der Waals surface area contributed by atoms with E-state index in [9.17, 15) is 0 Å². The summed E-state index contributed by atoms with van der Waals surface area (Å²) >= 11 is 6.43. The number of aromatic amines is 1. The minimum Gasteiger partial charge on any atom is -0.374 e. The van der Waals surface area contributed by atoms with E-state index in [1.165, 1.54) is 23.2 Å². The average molecular weight is 312 g/mol. The van der Waals surface area contributed by atoms with Crippen molar-refractivity contribution in [2.45, 2.75) is 19.8 Å². The molecule has 0 fully saturated rings. The molecule has 0 spiro atoms. The molecule has 3 heterocycles. The second kappa shape index (κ2) is 5.03. The van der Waals surface area contributed by atoms with E-state index in [-0.39, 0.29) is 0 Å². The SMILES string of the molecule is Cc1[nH]c2nccc(Cl)c2c1-c1ccc2c(c1)N(C)CCC2. The Kier molecular flexibility index (Phi) is 3.12. The summed E-state index contributed by atoms with van der Waals surface area (Å²) in [7, 11) is 2.17. The Hall–Kier alpha value is -2.00. The first kappa shape index (κ1) is 13.6. The summed E-state index contributed by atoms with van der Waals surface area (Å²) in [5.41, 5.74) is 7.08. The van der Waals surface area contributed by atoms with E-state index < -0.39 is 0 Å². The van der Waals surface area contributed by atoms with Crippen LogP contribution in [-0.2, 0) is 6.42 Å². The number of nitrogens with one attached hydrogen (secondary N) is 1. The molecule has 1 aliphatic rings. The predicted molar refractivity (Wildman–Crippen MR) is 92.9 cm³/mol. The van der Waals surface area contributed by atoms with E-state index in [0.717, 1.165) is 40.3 Å². The van der Waals surface area contributed by atoms with Crippen LogP contribution >= 0.6 is 11.6 Å². The van der Waals surface area contributed by atoms with Crippen molar-refractivity contribution in [3.8, 4) is 11.1 Å². The van der Waals surface area contributed by atoms with Crippen molar-refractivity contribution in [2.75, 3.05) is 18.5 Å². The Morgan fingerprint density at radius 3 is 3.00 bits per heavy atom. The van der Waals surface area contributed by atoms with E-state index in [2.05, 4.69) is 47.0 Å². The van der Waals surface area contributed by atoms with Gasteiger partial charge >= 0.3 is 0 Å². The lowest BCUT2D eigenvalue weighted by Gasteiger charge is -2.28. The molecule has 4 rings (SSSR count). The van der Waals surface area contributed by atoms with Crippen LogP contribution in [0.3, 0.4) is 0 Å². The van der Waals surface area contributed by atoms with Gasteiger partial charge in [-0.15, -0.1) is 0 Å². The summed E-state index contributed by atoms with van der Waals surface area (Å²) in [5.74, 6) is 0. The molecule has 0 saturated heterocycles. The number of hydrogen-bond acceptors (Lipinski definition) is 2. The second-order valence-corrected chi connectivity index (χ2v) is 6.42. The lowest BCUT2D eigenvalue weighted by atomic mass is 9.96. The van der Waals surface area contributed by atoms with Crippen molar-refractivity contribution in [1.29, 1.82) is 0 Å². The molecule has 112 valence electrons. The molecule has 0 bridgehead atoms. The second-order valence-electron chi connectivity index (χ2n) is 6.01. The van der Waals surface area contributed by atoms with Gasteiger partial charge in [0.25, 0.3) is 0 Å². The van der Waals surface area contributed by atoms with Gasteiger partial charge in [-0.05, 0) is 43.0 Å². The van der Waals surface area contributed by atoms with E-state index in [1.807, 2.05) is 6.07 Å². The predicted octanol–water partition coefficient (Wildman–Crippen LogP) is 4.57. The molecule has 3 aromatic rings. The number of H-pyrrole nitrogens is 1. The van der Waals surface area contributed by atoms with Crippen LogP contribution in [0.4, 0.5) is 5.69 Å². The number of anilines is 1. The van der Waals surface area contributed by atoms with Gasteiger partial charge in [0.2, 0.25) is 0 Å². The molecular weight excluding hydrogens is 294 g/mol. The first-order valence-corrected chi connectivity index (χ1v) is 8.00.